The number of amides is 1. The third kappa shape index (κ3) is 3.83. The van der Waals surface area contributed by atoms with Crippen molar-refractivity contribution in [2.45, 2.75) is 26.3 Å². The van der Waals surface area contributed by atoms with Gasteiger partial charge in [0.15, 0.2) is 5.69 Å². The fraction of sp³-hybridized carbons (Fsp3) is 0.333. The smallest absolute Gasteiger partial charge is 0.272 e. The van der Waals surface area contributed by atoms with E-state index in [1.807, 2.05) is 26.0 Å². The third-order valence-corrected chi connectivity index (χ3v) is 3.35. The second-order valence-corrected chi connectivity index (χ2v) is 5.39. The monoisotopic (exact) mass is 307 g/mol. The summed E-state index contributed by atoms with van der Waals surface area (Å²) in [6.45, 7) is 3.76. The molecule has 1 unspecified atom stereocenters. The largest absolute Gasteiger partial charge is 0.396 e. The van der Waals surface area contributed by atoms with Crippen molar-refractivity contribution in [2.75, 3.05) is 6.61 Å². The topological polar surface area (TPSA) is 67.2 Å². The first-order valence-corrected chi connectivity index (χ1v) is 7.13. The van der Waals surface area contributed by atoms with E-state index in [1.54, 1.807) is 22.9 Å². The Balaban J connectivity index is 2.21. The first-order chi connectivity index (χ1) is 10.0. The maximum atomic E-state index is 12.1. The lowest BCUT2D eigenvalue weighted by Gasteiger charge is -2.10. The molecule has 1 atom stereocenters. The molecule has 2 rings (SSSR count). The Hall–Kier alpha value is -1.85. The van der Waals surface area contributed by atoms with Crippen LogP contribution in [0.3, 0.4) is 0 Å². The van der Waals surface area contributed by atoms with E-state index in [4.69, 9.17) is 16.7 Å². The van der Waals surface area contributed by atoms with Gasteiger partial charge in [0.25, 0.3) is 5.91 Å². The lowest BCUT2D eigenvalue weighted by molar-refractivity contribution is 0.0929. The first kappa shape index (κ1) is 15.5. The van der Waals surface area contributed by atoms with Crippen molar-refractivity contribution in [2.24, 2.45) is 0 Å². The quantitative estimate of drug-likeness (QED) is 0.891. The van der Waals surface area contributed by atoms with Gasteiger partial charge < -0.3 is 10.4 Å². The standard InChI is InChI=1S/C15H18ClN3O2/c1-10(6-7-20)17-15(21)14-8-11(2)19(18-14)13-5-3-4-12(16)9-13/h3-5,8-10,20H,6-7H2,1-2H3,(H,17,21). The van der Waals surface area contributed by atoms with E-state index in [2.05, 4.69) is 10.4 Å². The van der Waals surface area contributed by atoms with Crippen LogP contribution in [0.1, 0.15) is 29.5 Å². The predicted octanol–water partition coefficient (Wildman–Crippen LogP) is 2.33. The molecule has 1 aromatic carbocycles. The number of aliphatic hydroxyl groups is 1. The van der Waals surface area contributed by atoms with E-state index in [9.17, 15) is 4.79 Å². The van der Waals surface area contributed by atoms with Crippen LogP contribution in [0.25, 0.3) is 5.69 Å². The zero-order chi connectivity index (χ0) is 15.4. The molecule has 112 valence electrons. The van der Waals surface area contributed by atoms with Gasteiger partial charge in [-0.2, -0.15) is 5.10 Å². The van der Waals surface area contributed by atoms with Crippen LogP contribution in [-0.4, -0.2) is 33.4 Å². The van der Waals surface area contributed by atoms with E-state index < -0.39 is 0 Å². The molecule has 0 aliphatic heterocycles. The van der Waals surface area contributed by atoms with Crippen LogP contribution in [0, 0.1) is 6.92 Å². The van der Waals surface area contributed by atoms with Gasteiger partial charge in [0, 0.05) is 23.4 Å². The molecule has 0 spiro atoms. The van der Waals surface area contributed by atoms with Crippen LogP contribution in [-0.2, 0) is 0 Å². The summed E-state index contributed by atoms with van der Waals surface area (Å²) in [7, 11) is 0. The molecule has 0 saturated heterocycles. The Morgan fingerprint density at radius 2 is 2.24 bits per heavy atom. The van der Waals surface area contributed by atoms with Crippen LogP contribution in [0.2, 0.25) is 5.02 Å². The summed E-state index contributed by atoms with van der Waals surface area (Å²) in [5, 5.41) is 16.6. The number of benzene rings is 1. The summed E-state index contributed by atoms with van der Waals surface area (Å²) in [6, 6.07) is 8.91. The first-order valence-electron chi connectivity index (χ1n) is 6.75. The lowest BCUT2D eigenvalue weighted by atomic mass is 10.2. The van der Waals surface area contributed by atoms with Crippen LogP contribution >= 0.6 is 11.6 Å². The highest BCUT2D eigenvalue weighted by Gasteiger charge is 2.15. The van der Waals surface area contributed by atoms with Gasteiger partial charge in [0.1, 0.15) is 0 Å². The maximum Gasteiger partial charge on any atom is 0.272 e. The Bertz CT molecular complexity index is 640. The van der Waals surface area contributed by atoms with Gasteiger partial charge in [-0.1, -0.05) is 17.7 Å². The number of nitrogens with zero attached hydrogens (tertiary/aromatic N) is 2. The number of hydrogen-bond acceptors (Lipinski definition) is 3. The fourth-order valence-electron chi connectivity index (χ4n) is 2.02. The molecular weight excluding hydrogens is 290 g/mol. The summed E-state index contributed by atoms with van der Waals surface area (Å²) in [6.07, 6.45) is 0.514. The van der Waals surface area contributed by atoms with Gasteiger partial charge in [0.05, 0.1) is 5.69 Å². The highest BCUT2D eigenvalue weighted by Crippen LogP contribution is 2.16. The summed E-state index contributed by atoms with van der Waals surface area (Å²) in [4.78, 5) is 12.1. The van der Waals surface area contributed by atoms with E-state index in [0.29, 0.717) is 17.1 Å². The summed E-state index contributed by atoms with van der Waals surface area (Å²) in [5.41, 5.74) is 2.00. The molecule has 2 aromatic rings. The summed E-state index contributed by atoms with van der Waals surface area (Å²) in [5.74, 6) is -0.250. The second-order valence-electron chi connectivity index (χ2n) is 4.95. The van der Waals surface area contributed by atoms with Crippen LogP contribution in [0.4, 0.5) is 0 Å². The maximum absolute atomic E-state index is 12.1. The van der Waals surface area contributed by atoms with Crippen molar-refractivity contribution in [1.29, 1.82) is 0 Å². The molecule has 0 fully saturated rings. The zero-order valence-corrected chi connectivity index (χ0v) is 12.8. The van der Waals surface area contributed by atoms with Crippen molar-refractivity contribution >= 4 is 17.5 Å². The Labute approximate surface area is 128 Å². The highest BCUT2D eigenvalue weighted by atomic mass is 35.5. The number of aryl methyl sites for hydroxylation is 1. The molecule has 0 aliphatic rings. The average Bonchev–Trinajstić information content (AvgIpc) is 2.81. The average molecular weight is 308 g/mol. The van der Waals surface area contributed by atoms with E-state index in [-0.39, 0.29) is 18.6 Å². The lowest BCUT2D eigenvalue weighted by Crippen LogP contribution is -2.33. The van der Waals surface area contributed by atoms with Crippen LogP contribution in [0.15, 0.2) is 30.3 Å². The normalized spacial score (nSPS) is 12.2. The minimum Gasteiger partial charge on any atom is -0.396 e. The molecule has 0 aliphatic carbocycles. The van der Waals surface area contributed by atoms with Crippen molar-refractivity contribution in [3.05, 3.63) is 46.7 Å². The number of carbonyl (C=O) groups excluding carboxylic acids is 1. The van der Waals surface area contributed by atoms with Crippen molar-refractivity contribution in [3.8, 4) is 5.69 Å². The molecular formula is C15H18ClN3O2. The number of carbonyl (C=O) groups is 1. The molecule has 0 radical (unpaired) electrons. The molecule has 1 aromatic heterocycles. The minimum atomic E-state index is -0.250. The van der Waals surface area contributed by atoms with Gasteiger partial charge in [-0.25, -0.2) is 4.68 Å². The number of aliphatic hydroxyl groups excluding tert-OH is 1. The number of halogens is 1. The number of nitrogens with one attached hydrogen (secondary N) is 1. The Morgan fingerprint density at radius 1 is 1.48 bits per heavy atom. The fourth-order valence-corrected chi connectivity index (χ4v) is 2.20. The van der Waals surface area contributed by atoms with Gasteiger partial charge in [0.2, 0.25) is 0 Å². The van der Waals surface area contributed by atoms with Gasteiger partial charge >= 0.3 is 0 Å². The van der Waals surface area contributed by atoms with Crippen LogP contribution in [0.5, 0.6) is 0 Å². The van der Waals surface area contributed by atoms with E-state index >= 15 is 0 Å². The van der Waals surface area contributed by atoms with Gasteiger partial charge in [-0.15, -0.1) is 0 Å². The highest BCUT2D eigenvalue weighted by molar-refractivity contribution is 6.30. The second kappa shape index (κ2) is 6.74. The Kier molecular flexibility index (Phi) is 4.98. The molecule has 2 N–H and O–H groups in total. The Morgan fingerprint density at radius 3 is 2.90 bits per heavy atom. The van der Waals surface area contributed by atoms with Crippen LogP contribution < -0.4 is 5.32 Å². The van der Waals surface area contributed by atoms with Crippen molar-refractivity contribution in [3.63, 3.8) is 0 Å². The van der Waals surface area contributed by atoms with Crippen molar-refractivity contribution in [1.82, 2.24) is 15.1 Å². The molecule has 1 heterocycles. The number of hydrogen-bond donors (Lipinski definition) is 2. The van der Waals surface area contributed by atoms with Gasteiger partial charge in [-0.05, 0) is 44.5 Å². The molecule has 5 nitrogen and oxygen atoms in total. The third-order valence-electron chi connectivity index (χ3n) is 3.11. The molecule has 21 heavy (non-hydrogen) atoms. The molecule has 6 heteroatoms. The van der Waals surface area contributed by atoms with E-state index in [1.165, 1.54) is 0 Å². The molecule has 0 saturated carbocycles. The van der Waals surface area contributed by atoms with E-state index in [0.717, 1.165) is 11.4 Å². The van der Waals surface area contributed by atoms with Gasteiger partial charge in [-0.3, -0.25) is 4.79 Å². The number of aromatic nitrogens is 2. The summed E-state index contributed by atoms with van der Waals surface area (Å²) < 4.78 is 1.68. The minimum absolute atomic E-state index is 0.0391. The zero-order valence-electron chi connectivity index (χ0n) is 12.0. The molecule has 0 bridgehead atoms. The predicted molar refractivity (Wildman–Crippen MR) is 81.9 cm³/mol. The number of rotatable bonds is 5. The summed E-state index contributed by atoms with van der Waals surface area (Å²) >= 11 is 5.98. The molecule has 1 amide bonds. The SMILES string of the molecule is Cc1cc(C(=O)NC(C)CCO)nn1-c1cccc(Cl)c1. The van der Waals surface area contributed by atoms with Crippen molar-refractivity contribution < 1.29 is 9.90 Å².